The first-order valence-electron chi connectivity index (χ1n) is 9.21. The van der Waals surface area contributed by atoms with Crippen molar-refractivity contribution in [3.63, 3.8) is 0 Å². The third-order valence-corrected chi connectivity index (χ3v) is 4.72. The van der Waals surface area contributed by atoms with E-state index in [9.17, 15) is 0 Å². The van der Waals surface area contributed by atoms with E-state index in [1.165, 1.54) is 12.8 Å². The lowest BCUT2D eigenvalue weighted by Crippen LogP contribution is -2.18. The smallest absolute Gasteiger partial charge is 0.161 e. The lowest BCUT2D eigenvalue weighted by Gasteiger charge is -2.19. The van der Waals surface area contributed by atoms with Crippen molar-refractivity contribution in [2.75, 3.05) is 5.32 Å². The summed E-state index contributed by atoms with van der Waals surface area (Å²) >= 11 is 0. The number of aryl methyl sites for hydroxylation is 2. The molecule has 0 saturated carbocycles. The monoisotopic (exact) mass is 349 g/mol. The van der Waals surface area contributed by atoms with E-state index in [2.05, 4.69) is 43.9 Å². The van der Waals surface area contributed by atoms with Gasteiger partial charge in [-0.15, -0.1) is 10.2 Å². The standard InChI is InChI=1S/C19H23N7/c1-3-15-12-16(23-18(22-15)14-7-9-20-10-8-14)21-13(2)19-25-24-17-6-4-5-11-26(17)19/h7-10,12-13H,3-6,11H2,1-2H3,(H,21,22,23). The molecule has 0 fully saturated rings. The van der Waals surface area contributed by atoms with Crippen LogP contribution in [0.2, 0.25) is 0 Å². The van der Waals surface area contributed by atoms with Gasteiger partial charge in [-0.05, 0) is 38.3 Å². The first-order valence-corrected chi connectivity index (χ1v) is 9.21. The van der Waals surface area contributed by atoms with Crippen molar-refractivity contribution in [3.05, 3.63) is 47.9 Å². The molecule has 0 aromatic carbocycles. The molecular weight excluding hydrogens is 326 g/mol. The fourth-order valence-electron chi connectivity index (χ4n) is 3.32. The summed E-state index contributed by atoms with van der Waals surface area (Å²) in [6, 6.07) is 5.89. The average molecular weight is 349 g/mol. The molecule has 3 aromatic rings. The summed E-state index contributed by atoms with van der Waals surface area (Å²) in [4.78, 5) is 13.4. The minimum Gasteiger partial charge on any atom is -0.360 e. The van der Waals surface area contributed by atoms with Gasteiger partial charge in [0.05, 0.1) is 6.04 Å². The molecule has 26 heavy (non-hydrogen) atoms. The van der Waals surface area contributed by atoms with E-state index >= 15 is 0 Å². The molecule has 4 rings (SSSR count). The third-order valence-electron chi connectivity index (χ3n) is 4.72. The van der Waals surface area contributed by atoms with E-state index in [0.29, 0.717) is 5.82 Å². The summed E-state index contributed by atoms with van der Waals surface area (Å²) in [6.07, 6.45) is 7.76. The van der Waals surface area contributed by atoms with Crippen LogP contribution in [0.25, 0.3) is 11.4 Å². The molecule has 1 atom stereocenters. The topological polar surface area (TPSA) is 81.4 Å². The molecule has 3 aromatic heterocycles. The zero-order chi connectivity index (χ0) is 17.9. The van der Waals surface area contributed by atoms with Gasteiger partial charge in [0.15, 0.2) is 11.6 Å². The molecule has 0 saturated heterocycles. The molecule has 1 unspecified atom stereocenters. The maximum Gasteiger partial charge on any atom is 0.161 e. The van der Waals surface area contributed by atoms with Gasteiger partial charge >= 0.3 is 0 Å². The molecule has 0 radical (unpaired) electrons. The number of hydrogen-bond donors (Lipinski definition) is 1. The lowest BCUT2D eigenvalue weighted by molar-refractivity contribution is 0.500. The van der Waals surface area contributed by atoms with Gasteiger partial charge in [-0.2, -0.15) is 0 Å². The van der Waals surface area contributed by atoms with Gasteiger partial charge in [0, 0.05) is 42.7 Å². The normalized spacial score (nSPS) is 14.7. The van der Waals surface area contributed by atoms with Crippen LogP contribution in [0.15, 0.2) is 30.6 Å². The van der Waals surface area contributed by atoms with Crippen molar-refractivity contribution >= 4 is 5.82 Å². The maximum absolute atomic E-state index is 4.71. The maximum atomic E-state index is 4.71. The first kappa shape index (κ1) is 16.6. The van der Waals surface area contributed by atoms with Gasteiger partial charge in [-0.3, -0.25) is 4.98 Å². The third kappa shape index (κ3) is 3.29. The highest BCUT2D eigenvalue weighted by atomic mass is 15.3. The van der Waals surface area contributed by atoms with Crippen molar-refractivity contribution in [1.82, 2.24) is 29.7 Å². The molecule has 4 heterocycles. The van der Waals surface area contributed by atoms with Gasteiger partial charge in [0.25, 0.3) is 0 Å². The van der Waals surface area contributed by atoms with Crippen molar-refractivity contribution in [3.8, 4) is 11.4 Å². The Kier molecular flexibility index (Phi) is 4.60. The number of rotatable bonds is 5. The van der Waals surface area contributed by atoms with E-state index < -0.39 is 0 Å². The van der Waals surface area contributed by atoms with Crippen LogP contribution in [0, 0.1) is 0 Å². The fraction of sp³-hybridized carbons (Fsp3) is 0.421. The van der Waals surface area contributed by atoms with Crippen LogP contribution in [-0.4, -0.2) is 29.7 Å². The highest BCUT2D eigenvalue weighted by molar-refractivity contribution is 5.57. The molecule has 0 bridgehead atoms. The Hall–Kier alpha value is -2.83. The Morgan fingerprint density at radius 3 is 2.81 bits per heavy atom. The number of nitrogens with zero attached hydrogens (tertiary/aromatic N) is 6. The van der Waals surface area contributed by atoms with Crippen molar-refractivity contribution in [2.45, 2.75) is 52.1 Å². The fourth-order valence-corrected chi connectivity index (χ4v) is 3.32. The van der Waals surface area contributed by atoms with Crippen LogP contribution in [-0.2, 0) is 19.4 Å². The molecule has 0 spiro atoms. The largest absolute Gasteiger partial charge is 0.360 e. The van der Waals surface area contributed by atoms with Gasteiger partial charge in [0.2, 0.25) is 0 Å². The van der Waals surface area contributed by atoms with Crippen LogP contribution < -0.4 is 5.32 Å². The Balaban J connectivity index is 1.62. The van der Waals surface area contributed by atoms with Crippen molar-refractivity contribution < 1.29 is 0 Å². The summed E-state index contributed by atoms with van der Waals surface area (Å²) < 4.78 is 2.24. The van der Waals surface area contributed by atoms with Crippen LogP contribution >= 0.6 is 0 Å². The molecular formula is C19H23N7. The summed E-state index contributed by atoms with van der Waals surface area (Å²) in [5, 5.41) is 12.3. The first-order chi connectivity index (χ1) is 12.7. The number of aromatic nitrogens is 6. The van der Waals surface area contributed by atoms with Crippen molar-refractivity contribution in [1.29, 1.82) is 0 Å². The molecule has 7 heteroatoms. The minimum atomic E-state index is 0.0271. The Labute approximate surface area is 152 Å². The van der Waals surface area contributed by atoms with E-state index in [4.69, 9.17) is 4.98 Å². The van der Waals surface area contributed by atoms with E-state index in [1.807, 2.05) is 18.2 Å². The van der Waals surface area contributed by atoms with Gasteiger partial charge in [-0.25, -0.2) is 9.97 Å². The van der Waals surface area contributed by atoms with Crippen LogP contribution in [0.5, 0.6) is 0 Å². The molecule has 1 aliphatic rings. The van der Waals surface area contributed by atoms with E-state index in [-0.39, 0.29) is 6.04 Å². The second-order valence-corrected chi connectivity index (χ2v) is 6.61. The molecule has 1 N–H and O–H groups in total. The summed E-state index contributed by atoms with van der Waals surface area (Å²) in [6.45, 7) is 5.20. The summed E-state index contributed by atoms with van der Waals surface area (Å²) in [5.41, 5.74) is 1.97. The Morgan fingerprint density at radius 1 is 1.15 bits per heavy atom. The van der Waals surface area contributed by atoms with E-state index in [0.717, 1.165) is 48.1 Å². The zero-order valence-electron chi connectivity index (χ0n) is 15.2. The predicted octanol–water partition coefficient (Wildman–Crippen LogP) is 3.20. The summed E-state index contributed by atoms with van der Waals surface area (Å²) in [7, 11) is 0. The second-order valence-electron chi connectivity index (χ2n) is 6.61. The van der Waals surface area contributed by atoms with E-state index in [1.54, 1.807) is 12.4 Å². The quantitative estimate of drug-likeness (QED) is 0.762. The number of pyridine rings is 1. The minimum absolute atomic E-state index is 0.0271. The highest BCUT2D eigenvalue weighted by Gasteiger charge is 2.20. The zero-order valence-corrected chi connectivity index (χ0v) is 15.2. The average Bonchev–Trinajstić information content (AvgIpc) is 3.12. The highest BCUT2D eigenvalue weighted by Crippen LogP contribution is 2.23. The molecule has 7 nitrogen and oxygen atoms in total. The number of nitrogens with one attached hydrogen (secondary N) is 1. The van der Waals surface area contributed by atoms with Crippen LogP contribution in [0.1, 0.15) is 50.1 Å². The number of fused-ring (bicyclic) bond motifs is 1. The van der Waals surface area contributed by atoms with Gasteiger partial charge < -0.3 is 9.88 Å². The predicted molar refractivity (Wildman–Crippen MR) is 99.6 cm³/mol. The van der Waals surface area contributed by atoms with Crippen LogP contribution in [0.4, 0.5) is 5.82 Å². The molecule has 134 valence electrons. The SMILES string of the molecule is CCc1cc(NC(C)c2nnc3n2CCCC3)nc(-c2ccncc2)n1. The molecule has 0 amide bonds. The van der Waals surface area contributed by atoms with Gasteiger partial charge in [0.1, 0.15) is 11.6 Å². The number of hydrogen-bond acceptors (Lipinski definition) is 6. The second kappa shape index (κ2) is 7.19. The molecule has 0 aliphatic carbocycles. The van der Waals surface area contributed by atoms with Crippen molar-refractivity contribution in [2.24, 2.45) is 0 Å². The lowest BCUT2D eigenvalue weighted by atomic mass is 10.1. The summed E-state index contributed by atoms with van der Waals surface area (Å²) in [5.74, 6) is 3.59. The molecule has 1 aliphatic heterocycles. The number of anilines is 1. The Bertz CT molecular complexity index is 888. The van der Waals surface area contributed by atoms with Gasteiger partial charge in [-0.1, -0.05) is 6.92 Å². The Morgan fingerprint density at radius 2 is 2.00 bits per heavy atom. The van der Waals surface area contributed by atoms with Crippen LogP contribution in [0.3, 0.4) is 0 Å².